The highest BCUT2D eigenvalue weighted by Crippen LogP contribution is 2.51. The van der Waals surface area contributed by atoms with Gasteiger partial charge in [0.1, 0.15) is 18.3 Å². The molecule has 40 heavy (non-hydrogen) atoms. The molecule has 3 heterocycles. The van der Waals surface area contributed by atoms with Crippen LogP contribution in [0.3, 0.4) is 0 Å². The summed E-state index contributed by atoms with van der Waals surface area (Å²) in [5.74, 6) is -1.42. The first kappa shape index (κ1) is 30.3. The summed E-state index contributed by atoms with van der Waals surface area (Å²) in [4.78, 5) is 28.2. The maximum atomic E-state index is 12.8. The molecule has 2 saturated heterocycles. The molecular weight excluding hydrogens is 536 g/mol. The molecule has 2 fully saturated rings. The van der Waals surface area contributed by atoms with Crippen LogP contribution in [0.2, 0.25) is 0 Å². The Morgan fingerprint density at radius 2 is 1.82 bits per heavy atom. The first-order chi connectivity index (χ1) is 19.1. The summed E-state index contributed by atoms with van der Waals surface area (Å²) in [5, 5.41) is 9.28. The summed E-state index contributed by atoms with van der Waals surface area (Å²) < 4.78 is 38.5. The molecule has 12 heteroatoms. The molecule has 0 aromatic heterocycles. The number of carbonyl (C=O) groups is 2. The summed E-state index contributed by atoms with van der Waals surface area (Å²) in [6.45, 7) is 4.79. The Bertz CT molecular complexity index is 1160. The zero-order valence-corrected chi connectivity index (χ0v) is 24.1. The number of aliphatic carboxylic acids is 1. The zero-order valence-electron chi connectivity index (χ0n) is 23.3. The number of ether oxygens (including phenoxy) is 2. The molecule has 0 aromatic rings. The number of likely N-dealkylation sites (tertiary alicyclic amines) is 1. The van der Waals surface area contributed by atoms with E-state index in [4.69, 9.17) is 15.2 Å². The second kappa shape index (κ2) is 13.3. The fraction of sp³-hybridized carbons (Fsp3) is 0.643. The van der Waals surface area contributed by atoms with Crippen LogP contribution < -0.4 is 5.73 Å². The van der Waals surface area contributed by atoms with Gasteiger partial charge in [0.05, 0.1) is 5.75 Å². The van der Waals surface area contributed by atoms with E-state index in [-0.39, 0.29) is 23.9 Å². The van der Waals surface area contributed by atoms with Crippen molar-refractivity contribution < 1.29 is 32.6 Å². The Labute approximate surface area is 237 Å². The maximum absolute atomic E-state index is 12.8. The Hall–Kier alpha value is -2.67. The summed E-state index contributed by atoms with van der Waals surface area (Å²) in [5.41, 5.74) is 6.20. The normalized spacial score (nSPS) is 23.3. The van der Waals surface area contributed by atoms with Crippen LogP contribution in [0.15, 0.2) is 47.8 Å². The van der Waals surface area contributed by atoms with Gasteiger partial charge in [-0.25, -0.2) is 13.2 Å². The van der Waals surface area contributed by atoms with Gasteiger partial charge >= 0.3 is 5.97 Å². The number of carboxylic acids is 1. The molecule has 3 aliphatic heterocycles. The lowest BCUT2D eigenvalue weighted by atomic mass is 9.63. The molecule has 11 nitrogen and oxygen atoms in total. The first-order valence-corrected chi connectivity index (χ1v) is 15.7. The first-order valence-electron chi connectivity index (χ1n) is 14.1. The van der Waals surface area contributed by atoms with Crippen LogP contribution in [0, 0.1) is 11.3 Å². The number of carboxylic acid groups (broad SMARTS) is 1. The van der Waals surface area contributed by atoms with Crippen molar-refractivity contribution in [2.75, 3.05) is 58.6 Å². The molecule has 4 rings (SSSR count). The monoisotopic (exact) mass is 578 g/mol. The van der Waals surface area contributed by atoms with E-state index < -0.39 is 27.3 Å². The number of piperazine rings is 1. The van der Waals surface area contributed by atoms with Crippen molar-refractivity contribution in [1.82, 2.24) is 14.1 Å². The van der Waals surface area contributed by atoms with Gasteiger partial charge in [0.2, 0.25) is 21.7 Å². The van der Waals surface area contributed by atoms with Gasteiger partial charge in [-0.05, 0) is 71.1 Å². The number of nitrogens with zero attached hydrogens (tertiary/aromatic N) is 3. The van der Waals surface area contributed by atoms with Crippen molar-refractivity contribution >= 4 is 21.9 Å². The van der Waals surface area contributed by atoms with Crippen LogP contribution in [-0.2, 0) is 29.1 Å². The lowest BCUT2D eigenvalue weighted by Crippen LogP contribution is -2.48. The van der Waals surface area contributed by atoms with E-state index in [9.17, 15) is 23.1 Å². The average molecular weight is 579 g/mol. The molecule has 3 N–H and O–H groups in total. The maximum Gasteiger partial charge on any atom is 0.375 e. The van der Waals surface area contributed by atoms with E-state index in [1.165, 1.54) is 11.8 Å². The minimum atomic E-state index is -3.26. The second-order valence-corrected chi connectivity index (χ2v) is 13.3. The SMILES string of the molecule is CN1CCN(S(=O)(=O)CCCN2CCC(C(CC(N)=O)(CC3=CC=CCC3)C3=COC(C(=O)O)=CO3)CC2)CC1. The van der Waals surface area contributed by atoms with Gasteiger partial charge < -0.3 is 30.1 Å². The smallest absolute Gasteiger partial charge is 0.375 e. The van der Waals surface area contributed by atoms with Gasteiger partial charge in [-0.15, -0.1) is 0 Å². The summed E-state index contributed by atoms with van der Waals surface area (Å²) >= 11 is 0. The van der Waals surface area contributed by atoms with E-state index >= 15 is 0 Å². The van der Waals surface area contributed by atoms with Gasteiger partial charge in [-0.1, -0.05) is 23.8 Å². The summed E-state index contributed by atoms with van der Waals surface area (Å²) in [6, 6.07) is 0. The molecule has 1 atom stereocenters. The molecule has 0 spiro atoms. The van der Waals surface area contributed by atoms with Gasteiger partial charge in [0.25, 0.3) is 0 Å². The van der Waals surface area contributed by atoms with Gasteiger partial charge in [-0.2, -0.15) is 4.31 Å². The van der Waals surface area contributed by atoms with Crippen LogP contribution in [0.4, 0.5) is 0 Å². The number of sulfonamides is 1. The van der Waals surface area contributed by atoms with Crippen LogP contribution in [0.25, 0.3) is 0 Å². The van der Waals surface area contributed by atoms with E-state index in [1.54, 1.807) is 4.31 Å². The quantitative estimate of drug-likeness (QED) is 0.355. The molecule has 0 aromatic carbocycles. The summed E-state index contributed by atoms with van der Waals surface area (Å²) in [7, 11) is -1.26. The molecule has 222 valence electrons. The fourth-order valence-corrected chi connectivity index (χ4v) is 7.71. The molecule has 0 bridgehead atoms. The highest BCUT2D eigenvalue weighted by molar-refractivity contribution is 7.89. The Balaban J connectivity index is 1.42. The largest absolute Gasteiger partial charge is 0.475 e. The number of primary amides is 1. The third kappa shape index (κ3) is 7.54. The second-order valence-electron chi connectivity index (χ2n) is 11.3. The zero-order chi connectivity index (χ0) is 28.8. The Morgan fingerprint density at radius 1 is 1.10 bits per heavy atom. The lowest BCUT2D eigenvalue weighted by Gasteiger charge is -2.45. The number of rotatable bonds is 12. The topological polar surface area (TPSA) is 143 Å². The number of hydrogen-bond donors (Lipinski definition) is 2. The predicted octanol–water partition coefficient (Wildman–Crippen LogP) is 2.01. The van der Waals surface area contributed by atoms with Crippen LogP contribution in [0.5, 0.6) is 0 Å². The van der Waals surface area contributed by atoms with Crippen molar-refractivity contribution in [2.45, 2.75) is 44.9 Å². The molecule has 0 saturated carbocycles. The van der Waals surface area contributed by atoms with Gasteiger partial charge in [0, 0.05) is 38.0 Å². The number of likely N-dealkylation sites (N-methyl/N-ethyl adjacent to an activating group) is 1. The van der Waals surface area contributed by atoms with E-state index in [2.05, 4.69) is 22.0 Å². The van der Waals surface area contributed by atoms with Gasteiger partial charge in [-0.3, -0.25) is 4.79 Å². The molecular formula is C28H42N4O7S. The Kier molecular flexibility index (Phi) is 10.1. The number of piperidine rings is 1. The number of nitrogens with two attached hydrogens (primary N) is 1. The molecule has 1 unspecified atom stereocenters. The van der Waals surface area contributed by atoms with Crippen LogP contribution in [-0.4, -0.2) is 98.1 Å². The average Bonchev–Trinajstić information content (AvgIpc) is 2.93. The van der Waals surface area contributed by atoms with Crippen molar-refractivity contribution in [3.8, 4) is 0 Å². The highest BCUT2D eigenvalue weighted by atomic mass is 32.2. The number of amides is 1. The Morgan fingerprint density at radius 3 is 2.40 bits per heavy atom. The van der Waals surface area contributed by atoms with E-state index in [0.29, 0.717) is 38.2 Å². The molecule has 1 aliphatic carbocycles. The molecule has 1 amide bonds. The van der Waals surface area contributed by atoms with Crippen LogP contribution >= 0.6 is 0 Å². The molecule has 0 radical (unpaired) electrons. The standard InChI is InChI=1S/C28H42N4O7S/c1-30-13-15-32(16-14-30)40(36,37)17-5-10-31-11-8-23(9-12-31)28(19-26(29)33,18-22-6-3-2-4-7-22)25-21-38-24(20-39-25)27(34)35/h2-3,6,20-21,23H,4-5,7-19H2,1H3,(H2,29,33)(H,34,35). The van der Waals surface area contributed by atoms with Crippen LogP contribution in [0.1, 0.15) is 44.9 Å². The number of carbonyl (C=O) groups excluding carboxylic acids is 1. The third-order valence-corrected chi connectivity index (χ3v) is 10.5. The molecule has 4 aliphatic rings. The van der Waals surface area contributed by atoms with Gasteiger partial charge in [0.15, 0.2) is 0 Å². The minimum absolute atomic E-state index is 0.0340. The predicted molar refractivity (Wildman–Crippen MR) is 150 cm³/mol. The van der Waals surface area contributed by atoms with E-state index in [1.807, 2.05) is 13.1 Å². The van der Waals surface area contributed by atoms with E-state index in [0.717, 1.165) is 58.1 Å². The highest BCUT2D eigenvalue weighted by Gasteiger charge is 2.47. The van der Waals surface area contributed by atoms with Crippen molar-refractivity contribution in [3.05, 3.63) is 47.8 Å². The van der Waals surface area contributed by atoms with Crippen molar-refractivity contribution in [2.24, 2.45) is 17.1 Å². The number of allylic oxidation sites excluding steroid dienone is 5. The fourth-order valence-electron chi connectivity index (χ4n) is 6.24. The third-order valence-electron chi connectivity index (χ3n) is 8.52. The van der Waals surface area contributed by atoms with Crippen molar-refractivity contribution in [1.29, 1.82) is 0 Å². The summed E-state index contributed by atoms with van der Waals surface area (Å²) in [6.07, 6.45) is 13.1. The number of hydrogen-bond acceptors (Lipinski definition) is 8. The van der Waals surface area contributed by atoms with Crippen molar-refractivity contribution in [3.63, 3.8) is 0 Å². The minimum Gasteiger partial charge on any atom is -0.475 e. The lowest BCUT2D eigenvalue weighted by molar-refractivity contribution is -0.136.